The van der Waals surface area contributed by atoms with Gasteiger partial charge in [0.15, 0.2) is 0 Å². The Balaban J connectivity index is 1.02. The van der Waals surface area contributed by atoms with E-state index in [2.05, 4.69) is 20.5 Å². The topological polar surface area (TPSA) is 101 Å². The number of hydrogen-bond donors (Lipinski definition) is 2. The zero-order chi connectivity index (χ0) is 31.5. The van der Waals surface area contributed by atoms with Crippen molar-refractivity contribution >= 4 is 40.1 Å². The third-order valence-electron chi connectivity index (χ3n) is 10.5. The number of benzene rings is 2. The SMILES string of the molecule is O=C(C[C@H](Nc1cccc2ncccc12)C(=O)N1CCC(N2CCCCC2)CC1)N1CCC(N2Cc3ccccc3NC2=O)CC1. The lowest BCUT2D eigenvalue weighted by Gasteiger charge is -2.42. The van der Waals surface area contributed by atoms with Gasteiger partial charge in [-0.15, -0.1) is 0 Å². The first-order chi connectivity index (χ1) is 22.5. The van der Waals surface area contributed by atoms with Crippen LogP contribution in [0.4, 0.5) is 16.2 Å². The van der Waals surface area contributed by atoms with Crippen molar-refractivity contribution in [3.63, 3.8) is 0 Å². The Labute approximate surface area is 271 Å². The van der Waals surface area contributed by atoms with E-state index < -0.39 is 6.04 Å². The monoisotopic (exact) mass is 623 g/mol. The van der Waals surface area contributed by atoms with Gasteiger partial charge < -0.3 is 30.2 Å². The van der Waals surface area contributed by atoms with Crippen molar-refractivity contribution in [2.75, 3.05) is 49.9 Å². The van der Waals surface area contributed by atoms with Crippen LogP contribution in [0.1, 0.15) is 56.9 Å². The summed E-state index contributed by atoms with van der Waals surface area (Å²) in [4.78, 5) is 53.7. The van der Waals surface area contributed by atoms with E-state index in [1.165, 1.54) is 32.4 Å². The molecule has 2 aromatic carbocycles. The van der Waals surface area contributed by atoms with Gasteiger partial charge in [-0.2, -0.15) is 0 Å². The molecule has 46 heavy (non-hydrogen) atoms. The molecular formula is C36H45N7O3. The van der Waals surface area contributed by atoms with Crippen LogP contribution in [-0.4, -0.2) is 99.8 Å². The van der Waals surface area contributed by atoms with Gasteiger partial charge in [0.05, 0.1) is 11.9 Å². The number of rotatable bonds is 7. The molecule has 0 unspecified atom stereocenters. The Morgan fingerprint density at radius 2 is 1.57 bits per heavy atom. The highest BCUT2D eigenvalue weighted by Gasteiger charge is 2.36. The number of carbonyl (C=O) groups is 3. The first-order valence-corrected chi connectivity index (χ1v) is 17.1. The van der Waals surface area contributed by atoms with E-state index in [1.54, 1.807) is 6.20 Å². The summed E-state index contributed by atoms with van der Waals surface area (Å²) in [6.07, 6.45) is 9.09. The molecule has 5 heterocycles. The minimum Gasteiger partial charge on any atom is -0.373 e. The molecule has 3 fully saturated rings. The summed E-state index contributed by atoms with van der Waals surface area (Å²) in [5, 5.41) is 7.44. The van der Waals surface area contributed by atoms with Crippen LogP contribution in [0, 0.1) is 0 Å². The molecule has 2 N–H and O–H groups in total. The smallest absolute Gasteiger partial charge is 0.322 e. The van der Waals surface area contributed by atoms with Gasteiger partial charge in [-0.3, -0.25) is 14.6 Å². The highest BCUT2D eigenvalue weighted by molar-refractivity contribution is 5.96. The van der Waals surface area contributed by atoms with E-state index in [0.717, 1.165) is 53.8 Å². The average molecular weight is 624 g/mol. The Hall–Kier alpha value is -4.18. The number of aromatic nitrogens is 1. The Bertz CT molecular complexity index is 1550. The number of piperidine rings is 3. The number of nitrogens with zero attached hydrogens (tertiary/aromatic N) is 5. The summed E-state index contributed by atoms with van der Waals surface area (Å²) >= 11 is 0. The number of pyridine rings is 1. The summed E-state index contributed by atoms with van der Waals surface area (Å²) in [5.41, 5.74) is 3.64. The minimum absolute atomic E-state index is 0.00937. The first kappa shape index (κ1) is 30.5. The number of nitrogens with one attached hydrogen (secondary N) is 2. The normalized spacial score (nSPS) is 20.7. The summed E-state index contributed by atoms with van der Waals surface area (Å²) < 4.78 is 0. The zero-order valence-corrected chi connectivity index (χ0v) is 26.6. The van der Waals surface area contributed by atoms with Crippen molar-refractivity contribution in [1.82, 2.24) is 24.6 Å². The molecule has 1 aromatic heterocycles. The maximum Gasteiger partial charge on any atom is 0.322 e. The number of amides is 4. The Kier molecular flexibility index (Phi) is 9.05. The van der Waals surface area contributed by atoms with Crippen LogP contribution >= 0.6 is 0 Å². The number of likely N-dealkylation sites (tertiary alicyclic amines) is 3. The van der Waals surface area contributed by atoms with Crippen LogP contribution in [0.3, 0.4) is 0 Å². The van der Waals surface area contributed by atoms with E-state index in [4.69, 9.17) is 0 Å². The highest BCUT2D eigenvalue weighted by atomic mass is 16.2. The fraction of sp³-hybridized carbons (Fsp3) is 0.500. The predicted octanol–water partition coefficient (Wildman–Crippen LogP) is 4.92. The minimum atomic E-state index is -0.674. The largest absolute Gasteiger partial charge is 0.373 e. The van der Waals surface area contributed by atoms with Gasteiger partial charge in [-0.1, -0.05) is 30.7 Å². The Morgan fingerprint density at radius 1 is 0.826 bits per heavy atom. The standard InChI is InChI=1S/C36H45N7O3/c44-34(41-20-15-28(16-21-41)43-25-26-8-2-3-10-30(26)39-36(43)46)24-33(38-32-12-6-11-31-29(32)9-7-17-37-31)35(45)42-22-13-27(14-23-42)40-18-4-1-5-19-40/h2-3,6-12,17,27-28,33,38H,1,4-5,13-16,18-25H2,(H,39,46)/t33-/m0/s1. The molecule has 3 aromatic rings. The lowest BCUT2D eigenvalue weighted by molar-refractivity contribution is -0.139. The van der Waals surface area contributed by atoms with Gasteiger partial charge in [0.2, 0.25) is 11.8 Å². The van der Waals surface area contributed by atoms with E-state index >= 15 is 0 Å². The van der Waals surface area contributed by atoms with Crippen LogP contribution < -0.4 is 10.6 Å². The molecule has 0 bridgehead atoms. The maximum atomic E-state index is 14.1. The molecular weight excluding hydrogens is 578 g/mol. The molecule has 0 spiro atoms. The number of urea groups is 1. The molecule has 4 aliphatic rings. The number of carbonyl (C=O) groups excluding carboxylic acids is 3. The summed E-state index contributed by atoms with van der Waals surface area (Å²) in [5.74, 6) is -0.0378. The molecule has 4 amide bonds. The summed E-state index contributed by atoms with van der Waals surface area (Å²) in [6.45, 7) is 5.48. The molecule has 10 heteroatoms. The van der Waals surface area contributed by atoms with E-state index in [9.17, 15) is 14.4 Å². The van der Waals surface area contributed by atoms with Crippen LogP contribution in [0.15, 0.2) is 60.8 Å². The molecule has 10 nitrogen and oxygen atoms in total. The van der Waals surface area contributed by atoms with Crippen molar-refractivity contribution in [3.05, 3.63) is 66.4 Å². The zero-order valence-electron chi connectivity index (χ0n) is 26.6. The molecule has 7 rings (SSSR count). The molecule has 3 saturated heterocycles. The van der Waals surface area contributed by atoms with Gasteiger partial charge >= 0.3 is 6.03 Å². The van der Waals surface area contributed by atoms with Gasteiger partial charge in [0.25, 0.3) is 0 Å². The molecule has 4 aliphatic heterocycles. The molecule has 1 atom stereocenters. The van der Waals surface area contributed by atoms with E-state index in [0.29, 0.717) is 38.5 Å². The van der Waals surface area contributed by atoms with Gasteiger partial charge in [-0.25, -0.2) is 4.79 Å². The Morgan fingerprint density at radius 3 is 2.37 bits per heavy atom. The van der Waals surface area contributed by atoms with Crippen LogP contribution in [0.5, 0.6) is 0 Å². The van der Waals surface area contributed by atoms with Crippen LogP contribution in [0.2, 0.25) is 0 Å². The lowest BCUT2D eigenvalue weighted by Crippen LogP contribution is -2.53. The molecule has 0 aliphatic carbocycles. The van der Waals surface area contributed by atoms with Gasteiger partial charge in [0.1, 0.15) is 6.04 Å². The maximum absolute atomic E-state index is 14.1. The third-order valence-corrected chi connectivity index (χ3v) is 10.5. The highest BCUT2D eigenvalue weighted by Crippen LogP contribution is 2.29. The van der Waals surface area contributed by atoms with Gasteiger partial charge in [-0.05, 0) is 87.5 Å². The number of para-hydroxylation sites is 1. The van der Waals surface area contributed by atoms with Crippen molar-refractivity contribution in [3.8, 4) is 0 Å². The summed E-state index contributed by atoms with van der Waals surface area (Å²) in [6, 6.07) is 17.5. The van der Waals surface area contributed by atoms with Crippen LogP contribution in [0.25, 0.3) is 10.9 Å². The fourth-order valence-electron chi connectivity index (χ4n) is 7.82. The average Bonchev–Trinajstić information content (AvgIpc) is 3.11. The van der Waals surface area contributed by atoms with Crippen molar-refractivity contribution in [2.45, 2.75) is 76.0 Å². The fourth-order valence-corrected chi connectivity index (χ4v) is 7.82. The molecule has 0 radical (unpaired) electrons. The molecule has 242 valence electrons. The predicted molar refractivity (Wildman–Crippen MR) is 179 cm³/mol. The second-order valence-electron chi connectivity index (χ2n) is 13.3. The van der Waals surface area contributed by atoms with Crippen molar-refractivity contribution < 1.29 is 14.4 Å². The molecule has 0 saturated carbocycles. The quantitative estimate of drug-likeness (QED) is 0.388. The third kappa shape index (κ3) is 6.54. The van der Waals surface area contributed by atoms with E-state index in [1.807, 2.05) is 69.3 Å². The van der Waals surface area contributed by atoms with Crippen molar-refractivity contribution in [1.29, 1.82) is 0 Å². The number of anilines is 2. The van der Waals surface area contributed by atoms with Gasteiger partial charge in [0, 0.05) is 67.8 Å². The lowest BCUT2D eigenvalue weighted by atomic mass is 9.98. The number of hydrogen-bond acceptors (Lipinski definition) is 6. The second kappa shape index (κ2) is 13.7. The number of fused-ring (bicyclic) bond motifs is 2. The second-order valence-corrected chi connectivity index (χ2v) is 13.3. The van der Waals surface area contributed by atoms with Crippen molar-refractivity contribution in [2.24, 2.45) is 0 Å². The van der Waals surface area contributed by atoms with Crippen LogP contribution in [-0.2, 0) is 16.1 Å². The first-order valence-electron chi connectivity index (χ1n) is 17.1. The van der Waals surface area contributed by atoms with E-state index in [-0.39, 0.29) is 30.3 Å². The summed E-state index contributed by atoms with van der Waals surface area (Å²) in [7, 11) is 0.